The number of rotatable bonds is 27. The number of amides is 1. The lowest BCUT2D eigenvalue weighted by atomic mass is 9.98. The largest absolute Gasteiger partial charge is 0.466 e. The Bertz CT molecular complexity index is 1100. The molecule has 0 spiro atoms. The molecule has 12 heteroatoms. The maximum absolute atomic E-state index is 12.6. The smallest absolute Gasteiger partial charge is 0.409 e. The molecule has 12 nitrogen and oxygen atoms in total. The lowest BCUT2D eigenvalue weighted by Gasteiger charge is -2.19. The number of nitrogens with zero attached hydrogens (tertiary/aromatic N) is 1. The highest BCUT2D eigenvalue weighted by molar-refractivity contribution is 5.79. The maximum Gasteiger partial charge on any atom is 0.409 e. The second-order valence-electron chi connectivity index (χ2n) is 10.6. The van der Waals surface area contributed by atoms with Gasteiger partial charge in [-0.05, 0) is 29.2 Å². The summed E-state index contributed by atoms with van der Waals surface area (Å²) in [6.45, 7) is 9.10. The van der Waals surface area contributed by atoms with Gasteiger partial charge in [0.2, 0.25) is 0 Å². The molecule has 0 heterocycles. The highest BCUT2D eigenvalue weighted by Crippen LogP contribution is 2.44. The third-order valence-corrected chi connectivity index (χ3v) is 7.21. The molecular formula is C35H51NO11. The monoisotopic (exact) mass is 661 g/mol. The van der Waals surface area contributed by atoms with Crippen LogP contribution in [0.2, 0.25) is 0 Å². The van der Waals surface area contributed by atoms with E-state index in [2.05, 4.69) is 24.3 Å². The lowest BCUT2D eigenvalue weighted by Crippen LogP contribution is -2.32. The topological polar surface area (TPSA) is 120 Å². The Kier molecular flexibility index (Phi) is 19.7. The minimum absolute atomic E-state index is 0.0384. The summed E-state index contributed by atoms with van der Waals surface area (Å²) >= 11 is 0. The molecule has 0 atom stereocenters. The average Bonchev–Trinajstić information content (AvgIpc) is 3.41. The van der Waals surface area contributed by atoms with Gasteiger partial charge >= 0.3 is 12.1 Å². The standard InChI is InChI=1S/C35H51NO11/c1-3-46-34(37)12-14-39-16-18-41-20-22-43-24-26-45-27-25-44-23-21-42-19-17-40-15-13-36(2)35(38)47-28-33-31-10-6-4-8-29(31)30-9-5-7-11-32(30)33/h4-11,33H,3,12-28H2,1-2H3. The lowest BCUT2D eigenvalue weighted by molar-refractivity contribution is -0.144. The van der Waals surface area contributed by atoms with Crippen LogP contribution in [-0.4, -0.2) is 136 Å². The van der Waals surface area contributed by atoms with Gasteiger partial charge in [-0.3, -0.25) is 4.79 Å². The first-order valence-electron chi connectivity index (χ1n) is 16.4. The Hall–Kier alpha value is -3.10. The summed E-state index contributed by atoms with van der Waals surface area (Å²) in [5.74, 6) is -0.216. The second kappa shape index (κ2) is 24.1. The average molecular weight is 662 g/mol. The molecule has 0 N–H and O–H groups in total. The number of likely N-dealkylation sites (N-methyl/N-ethyl adjacent to an activating group) is 1. The van der Waals surface area contributed by atoms with Gasteiger partial charge in [0.1, 0.15) is 6.61 Å². The van der Waals surface area contributed by atoms with Crippen molar-refractivity contribution >= 4 is 12.1 Å². The number of hydrogen-bond acceptors (Lipinski definition) is 11. The molecule has 2 aromatic carbocycles. The van der Waals surface area contributed by atoms with Gasteiger partial charge in [-0.15, -0.1) is 0 Å². The molecule has 2 aromatic rings. The number of carbonyl (C=O) groups is 2. The van der Waals surface area contributed by atoms with E-state index in [-0.39, 0.29) is 24.4 Å². The Labute approximate surface area is 278 Å². The molecule has 1 aliphatic rings. The minimum Gasteiger partial charge on any atom is -0.466 e. The first-order chi connectivity index (χ1) is 23.1. The zero-order valence-corrected chi connectivity index (χ0v) is 27.9. The molecule has 0 aromatic heterocycles. The van der Waals surface area contributed by atoms with Crippen molar-refractivity contribution in [1.29, 1.82) is 0 Å². The summed E-state index contributed by atoms with van der Waals surface area (Å²) in [4.78, 5) is 25.3. The number of hydrogen-bond donors (Lipinski definition) is 0. The van der Waals surface area contributed by atoms with E-state index in [0.717, 1.165) is 0 Å². The third kappa shape index (κ3) is 15.1. The van der Waals surface area contributed by atoms with Crippen LogP contribution in [0.1, 0.15) is 30.4 Å². The van der Waals surface area contributed by atoms with E-state index >= 15 is 0 Å². The Morgan fingerprint density at radius 2 is 0.979 bits per heavy atom. The summed E-state index contributed by atoms with van der Waals surface area (Å²) in [5.41, 5.74) is 4.79. The van der Waals surface area contributed by atoms with E-state index in [0.29, 0.717) is 112 Å². The summed E-state index contributed by atoms with van der Waals surface area (Å²) < 4.78 is 48.7. The Morgan fingerprint density at radius 1 is 0.574 bits per heavy atom. The van der Waals surface area contributed by atoms with Gasteiger partial charge < -0.3 is 47.5 Å². The van der Waals surface area contributed by atoms with Crippen LogP contribution >= 0.6 is 0 Å². The molecule has 0 bridgehead atoms. The molecule has 1 aliphatic carbocycles. The van der Waals surface area contributed by atoms with E-state index in [1.54, 1.807) is 14.0 Å². The van der Waals surface area contributed by atoms with E-state index in [1.807, 2.05) is 24.3 Å². The van der Waals surface area contributed by atoms with Crippen molar-refractivity contribution in [2.24, 2.45) is 0 Å². The predicted molar refractivity (Wildman–Crippen MR) is 175 cm³/mol. The first-order valence-corrected chi connectivity index (χ1v) is 16.4. The fourth-order valence-electron chi connectivity index (χ4n) is 4.81. The van der Waals surface area contributed by atoms with Crippen LogP contribution in [0.4, 0.5) is 4.79 Å². The summed E-state index contributed by atoms with van der Waals surface area (Å²) in [7, 11) is 1.71. The quantitative estimate of drug-likeness (QED) is 0.102. The van der Waals surface area contributed by atoms with Crippen molar-refractivity contribution < 1.29 is 52.2 Å². The molecule has 0 unspecified atom stereocenters. The van der Waals surface area contributed by atoms with E-state index < -0.39 is 0 Å². The van der Waals surface area contributed by atoms with Crippen LogP contribution in [0, 0.1) is 0 Å². The maximum atomic E-state index is 12.6. The highest BCUT2D eigenvalue weighted by Gasteiger charge is 2.29. The number of ether oxygens (including phenoxy) is 9. The molecule has 262 valence electrons. The number of carbonyl (C=O) groups excluding carboxylic acids is 2. The summed E-state index contributed by atoms with van der Waals surface area (Å²) in [6, 6.07) is 16.6. The van der Waals surface area contributed by atoms with Gasteiger partial charge in [-0.25, -0.2) is 4.79 Å². The van der Waals surface area contributed by atoms with Gasteiger partial charge in [0.05, 0.1) is 106 Å². The molecule has 1 amide bonds. The van der Waals surface area contributed by atoms with E-state index in [4.69, 9.17) is 42.6 Å². The molecule has 47 heavy (non-hydrogen) atoms. The molecular weight excluding hydrogens is 610 g/mol. The van der Waals surface area contributed by atoms with Crippen molar-refractivity contribution in [3.63, 3.8) is 0 Å². The van der Waals surface area contributed by atoms with Gasteiger partial charge in [0, 0.05) is 19.5 Å². The zero-order chi connectivity index (χ0) is 33.4. The molecule has 0 saturated heterocycles. The van der Waals surface area contributed by atoms with Crippen LogP contribution in [-0.2, 0) is 47.4 Å². The zero-order valence-electron chi connectivity index (χ0n) is 27.9. The Balaban J connectivity index is 1.04. The van der Waals surface area contributed by atoms with Crippen molar-refractivity contribution in [2.45, 2.75) is 19.3 Å². The molecule has 0 saturated carbocycles. The van der Waals surface area contributed by atoms with Crippen molar-refractivity contribution in [2.75, 3.05) is 119 Å². The Morgan fingerprint density at radius 3 is 1.43 bits per heavy atom. The van der Waals surface area contributed by atoms with E-state index in [1.165, 1.54) is 27.2 Å². The van der Waals surface area contributed by atoms with Gasteiger partial charge in [-0.1, -0.05) is 48.5 Å². The van der Waals surface area contributed by atoms with Crippen molar-refractivity contribution in [3.8, 4) is 11.1 Å². The second-order valence-corrected chi connectivity index (χ2v) is 10.6. The molecule has 3 rings (SSSR count). The van der Waals surface area contributed by atoms with Gasteiger partial charge in [-0.2, -0.15) is 0 Å². The highest BCUT2D eigenvalue weighted by atomic mass is 16.6. The molecule has 0 fully saturated rings. The van der Waals surface area contributed by atoms with E-state index in [9.17, 15) is 9.59 Å². The SMILES string of the molecule is CCOC(=O)CCOCCOCCOCCOCCOCCOCCOCCN(C)C(=O)OCC1c2ccccc2-c2ccccc21. The third-order valence-electron chi connectivity index (χ3n) is 7.21. The van der Waals surface area contributed by atoms with Crippen LogP contribution in [0.25, 0.3) is 11.1 Å². The summed E-state index contributed by atoms with van der Waals surface area (Å²) in [6.07, 6.45) is -0.115. The van der Waals surface area contributed by atoms with Gasteiger partial charge in [0.25, 0.3) is 0 Å². The summed E-state index contributed by atoms with van der Waals surface area (Å²) in [5, 5.41) is 0. The van der Waals surface area contributed by atoms with Crippen LogP contribution in [0.3, 0.4) is 0 Å². The number of esters is 1. The van der Waals surface area contributed by atoms with Gasteiger partial charge in [0.15, 0.2) is 0 Å². The van der Waals surface area contributed by atoms with Crippen LogP contribution < -0.4 is 0 Å². The first kappa shape index (κ1) is 38.3. The normalized spacial score (nSPS) is 12.1. The fourth-order valence-corrected chi connectivity index (χ4v) is 4.81. The van der Waals surface area contributed by atoms with Crippen LogP contribution in [0.15, 0.2) is 48.5 Å². The number of fused-ring (bicyclic) bond motifs is 3. The minimum atomic E-state index is -0.367. The van der Waals surface area contributed by atoms with Crippen LogP contribution in [0.5, 0.6) is 0 Å². The fraction of sp³-hybridized carbons (Fsp3) is 0.600. The molecule has 0 radical (unpaired) electrons. The van der Waals surface area contributed by atoms with Crippen molar-refractivity contribution in [1.82, 2.24) is 4.90 Å². The number of benzene rings is 2. The predicted octanol–water partition coefficient (Wildman–Crippen LogP) is 3.94. The molecule has 0 aliphatic heterocycles. The van der Waals surface area contributed by atoms with Crippen molar-refractivity contribution in [3.05, 3.63) is 59.7 Å².